The minimum Gasteiger partial charge on any atom is -0.282 e. The number of rotatable bonds is 7. The molecule has 1 nitrogen and oxygen atoms in total. The third kappa shape index (κ3) is 4.47. The van der Waals surface area contributed by atoms with Gasteiger partial charge in [0, 0.05) is 24.2 Å². The van der Waals surface area contributed by atoms with Crippen LogP contribution in [-0.2, 0) is 0 Å². The zero-order valence-corrected chi connectivity index (χ0v) is 11.2. The zero-order chi connectivity index (χ0) is 15.2. The number of benzene rings is 1. The van der Waals surface area contributed by atoms with E-state index in [-0.39, 0.29) is 0 Å². The van der Waals surface area contributed by atoms with Crippen molar-refractivity contribution in [2.75, 3.05) is 12.4 Å². The second kappa shape index (κ2) is 7.06. The lowest BCUT2D eigenvalue weighted by atomic mass is 10.1. The molecule has 0 spiro atoms. The van der Waals surface area contributed by atoms with Crippen molar-refractivity contribution in [2.45, 2.75) is 24.7 Å². The molecule has 1 aromatic carbocycles. The Bertz CT molecular complexity index is 436. The Hall–Kier alpha value is -1.11. The highest BCUT2D eigenvalue weighted by atomic mass is 32.2. The first-order chi connectivity index (χ1) is 9.30. The largest absolute Gasteiger partial charge is 0.312 e. The molecule has 0 aliphatic heterocycles. The van der Waals surface area contributed by atoms with Gasteiger partial charge in [0.05, 0.1) is 6.67 Å². The van der Waals surface area contributed by atoms with E-state index < -0.39 is 42.2 Å². The molecule has 112 valence electrons. The van der Waals surface area contributed by atoms with E-state index in [1.807, 2.05) is 0 Å². The molecule has 0 amide bonds. The van der Waals surface area contributed by atoms with Gasteiger partial charge in [-0.1, -0.05) is 42.1 Å². The van der Waals surface area contributed by atoms with Crippen LogP contribution in [0.4, 0.5) is 22.0 Å². The summed E-state index contributed by atoms with van der Waals surface area (Å²) in [5, 5.41) is -0.463. The summed E-state index contributed by atoms with van der Waals surface area (Å²) in [6.45, 7) is -1.52. The lowest BCUT2D eigenvalue weighted by molar-refractivity contribution is -0.213. The number of alkyl halides is 5. The molecule has 0 heterocycles. The first-order valence-electron chi connectivity index (χ1n) is 5.84. The lowest BCUT2D eigenvalue weighted by Crippen LogP contribution is -2.41. The van der Waals surface area contributed by atoms with Crippen LogP contribution in [-0.4, -0.2) is 29.4 Å². The van der Waals surface area contributed by atoms with Gasteiger partial charge in [0.25, 0.3) is 0 Å². The molecule has 0 aliphatic rings. The second-order valence-electron chi connectivity index (χ2n) is 4.10. The Balaban J connectivity index is 2.49. The Morgan fingerprint density at radius 1 is 1.00 bits per heavy atom. The summed E-state index contributed by atoms with van der Waals surface area (Å²) in [4.78, 5) is 11.6. The van der Waals surface area contributed by atoms with Gasteiger partial charge in [-0.25, -0.2) is 0 Å². The summed E-state index contributed by atoms with van der Waals surface area (Å²) in [5.74, 6) is -9.16. The summed E-state index contributed by atoms with van der Waals surface area (Å²) in [7, 11) is 0. The van der Waals surface area contributed by atoms with Gasteiger partial charge in [-0.15, -0.1) is 0 Å². The predicted molar refractivity (Wildman–Crippen MR) is 68.3 cm³/mol. The van der Waals surface area contributed by atoms with Crippen molar-refractivity contribution in [1.29, 1.82) is 0 Å². The molecule has 0 saturated heterocycles. The summed E-state index contributed by atoms with van der Waals surface area (Å²) < 4.78 is 64.1. The van der Waals surface area contributed by atoms with Crippen LogP contribution >= 0.6 is 11.8 Å². The third-order valence-electron chi connectivity index (χ3n) is 2.60. The predicted octanol–water partition coefficient (Wildman–Crippen LogP) is 4.58. The van der Waals surface area contributed by atoms with Gasteiger partial charge < -0.3 is 0 Å². The molecule has 20 heavy (non-hydrogen) atoms. The van der Waals surface area contributed by atoms with Crippen molar-refractivity contribution in [3.63, 3.8) is 0 Å². The van der Waals surface area contributed by atoms with Gasteiger partial charge in [-0.05, 0) is 0 Å². The first-order valence-corrected chi connectivity index (χ1v) is 6.82. The van der Waals surface area contributed by atoms with Crippen molar-refractivity contribution in [3.8, 4) is 0 Å². The van der Waals surface area contributed by atoms with Crippen LogP contribution in [0.5, 0.6) is 0 Å². The van der Waals surface area contributed by atoms with E-state index in [9.17, 15) is 26.7 Å². The molecule has 0 atom stereocenters. The van der Waals surface area contributed by atoms with Crippen molar-refractivity contribution < 1.29 is 26.7 Å². The zero-order valence-electron chi connectivity index (χ0n) is 10.4. The molecule has 0 fully saturated rings. The fourth-order valence-electron chi connectivity index (χ4n) is 1.41. The number of halogens is 5. The van der Waals surface area contributed by atoms with Gasteiger partial charge in [0.15, 0.2) is 0 Å². The highest BCUT2D eigenvalue weighted by Crippen LogP contribution is 2.40. The van der Waals surface area contributed by atoms with Crippen LogP contribution < -0.4 is 0 Å². The number of carbonyl (C=O) groups is 1. The van der Waals surface area contributed by atoms with Crippen molar-refractivity contribution in [1.82, 2.24) is 0 Å². The SMILES string of the molecule is O=C(SCCC(F)(F)C(F)(F)CCF)c1ccccc1. The number of hydrogen-bond donors (Lipinski definition) is 0. The fraction of sp³-hybridized carbons (Fsp3) is 0.462. The molecule has 0 unspecified atom stereocenters. The molecule has 0 aliphatic carbocycles. The Morgan fingerprint density at radius 2 is 1.55 bits per heavy atom. The van der Waals surface area contributed by atoms with Crippen LogP contribution in [0.15, 0.2) is 30.3 Å². The topological polar surface area (TPSA) is 17.1 Å². The fourth-order valence-corrected chi connectivity index (χ4v) is 2.26. The van der Waals surface area contributed by atoms with Gasteiger partial charge in [-0.3, -0.25) is 9.18 Å². The quantitative estimate of drug-likeness (QED) is 0.686. The first kappa shape index (κ1) is 16.9. The molecule has 7 heteroatoms. The second-order valence-corrected chi connectivity index (χ2v) is 5.17. The van der Waals surface area contributed by atoms with E-state index in [2.05, 4.69) is 0 Å². The summed E-state index contributed by atoms with van der Waals surface area (Å²) in [6, 6.07) is 7.92. The van der Waals surface area contributed by atoms with Gasteiger partial charge in [0.2, 0.25) is 5.12 Å². The van der Waals surface area contributed by atoms with Crippen molar-refractivity contribution in [2.24, 2.45) is 0 Å². The Labute approximate surface area is 117 Å². The van der Waals surface area contributed by atoms with E-state index in [1.165, 1.54) is 12.1 Å². The lowest BCUT2D eigenvalue weighted by Gasteiger charge is -2.25. The van der Waals surface area contributed by atoms with Crippen molar-refractivity contribution in [3.05, 3.63) is 35.9 Å². The molecular weight excluding hydrogens is 299 g/mol. The molecular formula is C13H13F5OS. The average molecular weight is 312 g/mol. The summed E-state index contributed by atoms with van der Waals surface area (Å²) in [6.07, 6.45) is -2.69. The smallest absolute Gasteiger partial charge is 0.282 e. The maximum Gasteiger partial charge on any atom is 0.312 e. The Morgan fingerprint density at radius 3 is 2.10 bits per heavy atom. The van der Waals surface area contributed by atoms with Crippen LogP contribution in [0.1, 0.15) is 23.2 Å². The molecule has 0 aromatic heterocycles. The number of hydrogen-bond acceptors (Lipinski definition) is 2. The maximum absolute atomic E-state index is 13.2. The molecule has 0 N–H and O–H groups in total. The normalized spacial score (nSPS) is 12.4. The van der Waals surface area contributed by atoms with Gasteiger partial charge in [-0.2, -0.15) is 17.6 Å². The van der Waals surface area contributed by atoms with Crippen LogP contribution in [0.25, 0.3) is 0 Å². The molecule has 0 saturated carbocycles. The standard InChI is InChI=1S/C13H13F5OS/c14-8-6-12(15,16)13(17,18)7-9-20-11(19)10-4-2-1-3-5-10/h1-5H,6-9H2. The van der Waals surface area contributed by atoms with Gasteiger partial charge in [0.1, 0.15) is 0 Å². The summed E-state index contributed by atoms with van der Waals surface area (Å²) >= 11 is 0.545. The van der Waals surface area contributed by atoms with E-state index in [0.29, 0.717) is 17.3 Å². The van der Waals surface area contributed by atoms with E-state index in [0.717, 1.165) is 0 Å². The average Bonchev–Trinajstić information content (AvgIpc) is 2.39. The number of thioether (sulfide) groups is 1. The minimum absolute atomic E-state index is 0.316. The highest BCUT2D eigenvalue weighted by Gasteiger charge is 2.54. The third-order valence-corrected chi connectivity index (χ3v) is 3.51. The molecule has 0 bridgehead atoms. The summed E-state index contributed by atoms with van der Waals surface area (Å²) in [5.41, 5.74) is 0.316. The number of carbonyl (C=O) groups excluding carboxylic acids is 1. The van der Waals surface area contributed by atoms with Crippen LogP contribution in [0.3, 0.4) is 0 Å². The Kier molecular flexibility index (Phi) is 5.98. The van der Waals surface area contributed by atoms with Crippen molar-refractivity contribution >= 4 is 16.9 Å². The van der Waals surface area contributed by atoms with Crippen LogP contribution in [0, 0.1) is 0 Å². The molecule has 1 aromatic rings. The minimum atomic E-state index is -4.39. The van der Waals surface area contributed by atoms with Crippen LogP contribution in [0.2, 0.25) is 0 Å². The highest BCUT2D eigenvalue weighted by molar-refractivity contribution is 8.14. The molecule has 1 rings (SSSR count). The van der Waals surface area contributed by atoms with E-state index in [4.69, 9.17) is 0 Å². The van der Waals surface area contributed by atoms with E-state index >= 15 is 0 Å². The van der Waals surface area contributed by atoms with Gasteiger partial charge >= 0.3 is 11.8 Å². The van der Waals surface area contributed by atoms with E-state index in [1.54, 1.807) is 18.2 Å². The maximum atomic E-state index is 13.2. The monoisotopic (exact) mass is 312 g/mol. The molecule has 0 radical (unpaired) electrons.